The van der Waals surface area contributed by atoms with Crippen molar-refractivity contribution in [3.05, 3.63) is 139 Å². The summed E-state index contributed by atoms with van der Waals surface area (Å²) in [4.78, 5) is 14.8. The monoisotopic (exact) mass is 545 g/mol. The highest BCUT2D eigenvalue weighted by Crippen LogP contribution is 2.56. The molecule has 202 valence electrons. The minimum absolute atomic E-state index is 0.289. The van der Waals surface area contributed by atoms with Crippen molar-refractivity contribution in [2.45, 2.75) is 37.4 Å². The molecule has 3 nitrogen and oxygen atoms in total. The highest BCUT2D eigenvalue weighted by molar-refractivity contribution is 5.83. The maximum Gasteiger partial charge on any atom is 0.164 e. The number of fused-ring (bicyclic) bond motifs is 5. The number of hydrogen-bond donors (Lipinski definition) is 0. The molecule has 42 heavy (non-hydrogen) atoms. The molecular formula is C39H31N3. The second-order valence-corrected chi connectivity index (χ2v) is 10.9. The molecule has 1 aromatic heterocycles. The first-order valence-electron chi connectivity index (χ1n) is 16.5. The molecule has 1 fully saturated rings. The number of hydrogen-bond acceptors (Lipinski definition) is 3. The molecule has 0 saturated heterocycles. The number of aromatic nitrogens is 3. The van der Waals surface area contributed by atoms with Gasteiger partial charge in [0.1, 0.15) is 0 Å². The molecule has 0 bridgehead atoms. The third-order valence-electron chi connectivity index (χ3n) is 8.35. The van der Waals surface area contributed by atoms with Gasteiger partial charge in [0.05, 0.1) is 0 Å². The van der Waals surface area contributed by atoms with Crippen LogP contribution in [0.2, 0.25) is 0 Å². The predicted molar refractivity (Wildman–Crippen MR) is 171 cm³/mol. The molecule has 0 N–H and O–H groups in total. The van der Waals surface area contributed by atoms with Gasteiger partial charge < -0.3 is 0 Å². The Labute approximate surface area is 252 Å². The summed E-state index contributed by atoms with van der Waals surface area (Å²) >= 11 is 0. The summed E-state index contributed by atoms with van der Waals surface area (Å²) in [6, 6.07) is 41.8. The van der Waals surface area contributed by atoms with E-state index in [9.17, 15) is 5.48 Å². The van der Waals surface area contributed by atoms with Crippen LogP contribution in [0.3, 0.4) is 0 Å². The molecule has 0 atom stereocenters. The Bertz CT molecular complexity index is 2060. The predicted octanol–water partition coefficient (Wildman–Crippen LogP) is 9.77. The average Bonchev–Trinajstić information content (AvgIpc) is 3.40. The van der Waals surface area contributed by atoms with E-state index in [0.29, 0.717) is 35.0 Å². The van der Waals surface area contributed by atoms with Crippen LogP contribution in [-0.4, -0.2) is 15.0 Å². The van der Waals surface area contributed by atoms with E-state index in [0.717, 1.165) is 38.9 Å². The van der Waals surface area contributed by atoms with Crippen LogP contribution < -0.4 is 0 Å². The van der Waals surface area contributed by atoms with Gasteiger partial charge in [-0.05, 0) is 52.2 Å². The summed E-state index contributed by atoms with van der Waals surface area (Å²) in [5.74, 6) is 1.53. The van der Waals surface area contributed by atoms with Gasteiger partial charge in [0.25, 0.3) is 0 Å². The first kappa shape index (κ1) is 20.9. The maximum atomic E-state index is 9.32. The van der Waals surface area contributed by atoms with Gasteiger partial charge in [0.2, 0.25) is 0 Å². The van der Waals surface area contributed by atoms with Crippen molar-refractivity contribution in [3.63, 3.8) is 0 Å². The molecular weight excluding hydrogens is 510 g/mol. The quantitative estimate of drug-likeness (QED) is 0.221. The van der Waals surface area contributed by atoms with Crippen molar-refractivity contribution in [3.8, 4) is 56.4 Å². The zero-order valence-electron chi connectivity index (χ0n) is 27.1. The van der Waals surface area contributed by atoms with Crippen molar-refractivity contribution < 1.29 is 5.48 Å². The number of nitrogens with zero attached hydrogens (tertiary/aromatic N) is 3. The van der Waals surface area contributed by atoms with Crippen LogP contribution >= 0.6 is 0 Å². The topological polar surface area (TPSA) is 38.7 Å². The lowest BCUT2D eigenvalue weighted by molar-refractivity contribution is 0.353. The zero-order valence-corrected chi connectivity index (χ0v) is 23.1. The second kappa shape index (κ2) is 10.2. The van der Waals surface area contributed by atoms with E-state index in [1.54, 1.807) is 0 Å². The van der Waals surface area contributed by atoms with E-state index in [1.165, 1.54) is 0 Å². The molecule has 0 aliphatic heterocycles. The molecule has 1 heterocycles. The van der Waals surface area contributed by atoms with Gasteiger partial charge in [-0.3, -0.25) is 0 Å². The second-order valence-electron chi connectivity index (χ2n) is 10.9. The van der Waals surface area contributed by atoms with E-state index in [-0.39, 0.29) is 12.8 Å². The summed E-state index contributed by atoms with van der Waals surface area (Å²) in [5.41, 5.74) is 6.32. The van der Waals surface area contributed by atoms with E-state index in [1.807, 2.05) is 103 Å². The van der Waals surface area contributed by atoms with E-state index < -0.39 is 18.2 Å². The smallest absolute Gasteiger partial charge is 0.164 e. The van der Waals surface area contributed by atoms with Gasteiger partial charge in [-0.2, -0.15) is 0 Å². The standard InChI is InChI=1S/C39H31N3/c1-4-12-27(13-5-1)28-18-20-30(21-19-28)37-40-36(29-14-6-2-7-15-29)41-38(42-37)31-22-23-33-32-16-8-9-17-34(32)39(35(33)26-31)24-10-3-11-25-39/h1-2,4-9,12-23,26H,3,10-11,24-25H2/i24D2,25D2. The average molecular weight is 546 g/mol. The van der Waals surface area contributed by atoms with Crippen LogP contribution in [0, 0.1) is 0 Å². The van der Waals surface area contributed by atoms with E-state index in [2.05, 4.69) is 24.3 Å². The van der Waals surface area contributed by atoms with Crippen molar-refractivity contribution in [2.75, 3.05) is 0 Å². The molecule has 0 unspecified atom stereocenters. The van der Waals surface area contributed by atoms with Gasteiger partial charge >= 0.3 is 0 Å². The normalized spacial score (nSPS) is 18.7. The Hall–Kier alpha value is -4.89. The molecule has 5 aromatic carbocycles. The van der Waals surface area contributed by atoms with Gasteiger partial charge in [0.15, 0.2) is 17.5 Å². The number of rotatable bonds is 4. The van der Waals surface area contributed by atoms with Gasteiger partial charge in [0, 0.05) is 27.6 Å². The molecule has 8 rings (SSSR count). The molecule has 2 aliphatic carbocycles. The zero-order chi connectivity index (χ0) is 31.5. The maximum absolute atomic E-state index is 9.32. The lowest BCUT2D eigenvalue weighted by atomic mass is 9.67. The summed E-state index contributed by atoms with van der Waals surface area (Å²) in [6.45, 7) is 0. The molecule has 0 amide bonds. The Balaban J connectivity index is 1.31. The lowest BCUT2D eigenvalue weighted by Gasteiger charge is -2.36. The molecule has 6 aromatic rings. The molecule has 3 heteroatoms. The third kappa shape index (κ3) is 4.16. The fourth-order valence-corrected chi connectivity index (χ4v) is 6.29. The molecule has 1 spiro atoms. The molecule has 0 radical (unpaired) electrons. The van der Waals surface area contributed by atoms with E-state index >= 15 is 0 Å². The van der Waals surface area contributed by atoms with Gasteiger partial charge in [-0.15, -0.1) is 0 Å². The number of benzene rings is 5. The lowest BCUT2D eigenvalue weighted by Crippen LogP contribution is -2.28. The minimum atomic E-state index is -1.80. The van der Waals surface area contributed by atoms with Crippen LogP contribution in [0.15, 0.2) is 127 Å². The summed E-state index contributed by atoms with van der Waals surface area (Å²) in [5, 5.41) is 0. The SMILES string of the molecule is [2H]C1([2H])CCCC([2H])([2H])C12c1ccccc1-c1ccc(-c3nc(-c4ccccc4)nc(-c4ccc(-c5ccccc5)cc4)n3)cc12. The fourth-order valence-electron chi connectivity index (χ4n) is 6.29. The Morgan fingerprint density at radius 1 is 0.429 bits per heavy atom. The van der Waals surface area contributed by atoms with E-state index in [4.69, 9.17) is 15.0 Å². The van der Waals surface area contributed by atoms with Crippen molar-refractivity contribution in [1.29, 1.82) is 0 Å². The van der Waals surface area contributed by atoms with Crippen LogP contribution in [0.25, 0.3) is 56.4 Å². The Morgan fingerprint density at radius 2 is 0.905 bits per heavy atom. The Kier molecular flexibility index (Phi) is 5.07. The fraction of sp³-hybridized carbons (Fsp3) is 0.154. The third-order valence-corrected chi connectivity index (χ3v) is 8.35. The van der Waals surface area contributed by atoms with Gasteiger partial charge in [-0.25, -0.2) is 15.0 Å². The highest BCUT2D eigenvalue weighted by atomic mass is 15.0. The summed E-state index contributed by atoms with van der Waals surface area (Å²) < 4.78 is 37.3. The summed E-state index contributed by atoms with van der Waals surface area (Å²) in [7, 11) is 0. The van der Waals surface area contributed by atoms with Gasteiger partial charge in [-0.1, -0.05) is 141 Å². The Morgan fingerprint density at radius 3 is 1.60 bits per heavy atom. The van der Waals surface area contributed by atoms with Crippen molar-refractivity contribution in [2.24, 2.45) is 0 Å². The molecule has 2 aliphatic rings. The van der Waals surface area contributed by atoms with Crippen molar-refractivity contribution in [1.82, 2.24) is 15.0 Å². The first-order valence-corrected chi connectivity index (χ1v) is 14.5. The van der Waals surface area contributed by atoms with Crippen molar-refractivity contribution >= 4 is 0 Å². The van der Waals surface area contributed by atoms with Crippen LogP contribution in [0.4, 0.5) is 0 Å². The first-order chi connectivity index (χ1) is 22.3. The van der Waals surface area contributed by atoms with Crippen LogP contribution in [0.1, 0.15) is 48.6 Å². The van der Waals surface area contributed by atoms with Crippen LogP contribution in [0.5, 0.6) is 0 Å². The van der Waals surface area contributed by atoms with Crippen LogP contribution in [-0.2, 0) is 5.41 Å². The highest BCUT2D eigenvalue weighted by Gasteiger charge is 2.43. The largest absolute Gasteiger partial charge is 0.208 e. The minimum Gasteiger partial charge on any atom is -0.208 e. The summed E-state index contributed by atoms with van der Waals surface area (Å²) in [6.07, 6.45) is -2.52. The molecule has 1 saturated carbocycles.